The van der Waals surface area contributed by atoms with Crippen molar-refractivity contribution in [2.45, 2.75) is 51.0 Å². The third-order valence-electron chi connectivity index (χ3n) is 4.00. The van der Waals surface area contributed by atoms with Crippen LogP contribution in [0, 0.1) is 0 Å². The maximum Gasteiger partial charge on any atom is 0.247 e. The molecule has 0 amide bonds. The van der Waals surface area contributed by atoms with E-state index in [9.17, 15) is 0 Å². The first-order valence-corrected chi connectivity index (χ1v) is 6.31. The minimum atomic E-state index is 0.0974. The van der Waals surface area contributed by atoms with Gasteiger partial charge in [0.05, 0.1) is 0 Å². The van der Waals surface area contributed by atoms with Crippen LogP contribution in [-0.2, 0) is 5.54 Å². The van der Waals surface area contributed by atoms with E-state index < -0.39 is 0 Å². The van der Waals surface area contributed by atoms with Crippen molar-refractivity contribution in [3.63, 3.8) is 0 Å². The Balaban J connectivity index is 1.95. The second-order valence-corrected chi connectivity index (χ2v) is 5.34. The standard InChI is InChI=1S/C12H19N3O/c1-9(2)10-13-11(16-14-10)12-5-3-7-15(12)8-4-6-12/h9H,3-8H2,1-2H3. The van der Waals surface area contributed by atoms with Crippen LogP contribution in [-0.4, -0.2) is 28.1 Å². The molecule has 0 bridgehead atoms. The molecule has 1 aromatic heterocycles. The Morgan fingerprint density at radius 2 is 1.94 bits per heavy atom. The minimum absolute atomic E-state index is 0.0974. The van der Waals surface area contributed by atoms with Gasteiger partial charge in [0.2, 0.25) is 5.89 Å². The molecule has 2 saturated heterocycles. The lowest BCUT2D eigenvalue weighted by molar-refractivity contribution is 0.143. The molecule has 0 unspecified atom stereocenters. The first-order chi connectivity index (χ1) is 7.72. The predicted octanol–water partition coefficient (Wildman–Crippen LogP) is 2.28. The number of nitrogens with zero attached hydrogens (tertiary/aromatic N) is 3. The molecule has 0 spiro atoms. The number of aromatic nitrogens is 2. The van der Waals surface area contributed by atoms with E-state index in [2.05, 4.69) is 28.9 Å². The molecule has 1 aromatic rings. The van der Waals surface area contributed by atoms with Crippen molar-refractivity contribution < 1.29 is 4.52 Å². The lowest BCUT2D eigenvalue weighted by Crippen LogP contribution is -2.35. The van der Waals surface area contributed by atoms with E-state index in [1.807, 2.05) is 0 Å². The van der Waals surface area contributed by atoms with Gasteiger partial charge in [0.15, 0.2) is 5.82 Å². The van der Waals surface area contributed by atoms with Crippen LogP contribution in [0.15, 0.2) is 4.52 Å². The van der Waals surface area contributed by atoms with E-state index in [1.54, 1.807) is 0 Å². The Morgan fingerprint density at radius 1 is 1.25 bits per heavy atom. The third-order valence-corrected chi connectivity index (χ3v) is 4.00. The molecule has 3 rings (SSSR count). The molecular weight excluding hydrogens is 202 g/mol. The number of rotatable bonds is 2. The van der Waals surface area contributed by atoms with E-state index in [1.165, 1.54) is 38.8 Å². The molecule has 2 aliphatic rings. The second-order valence-electron chi connectivity index (χ2n) is 5.34. The van der Waals surface area contributed by atoms with E-state index in [4.69, 9.17) is 4.52 Å². The van der Waals surface area contributed by atoms with Crippen LogP contribution >= 0.6 is 0 Å². The van der Waals surface area contributed by atoms with E-state index >= 15 is 0 Å². The first kappa shape index (κ1) is 10.3. The summed E-state index contributed by atoms with van der Waals surface area (Å²) in [4.78, 5) is 7.14. The van der Waals surface area contributed by atoms with Gasteiger partial charge >= 0.3 is 0 Å². The summed E-state index contributed by atoms with van der Waals surface area (Å²) in [5, 5.41) is 4.10. The SMILES string of the molecule is CC(C)c1noc(C23CCCN2CCC3)n1. The topological polar surface area (TPSA) is 42.2 Å². The van der Waals surface area contributed by atoms with Crippen molar-refractivity contribution in [2.24, 2.45) is 0 Å². The molecule has 16 heavy (non-hydrogen) atoms. The van der Waals surface area contributed by atoms with Crippen LogP contribution < -0.4 is 0 Å². The highest BCUT2D eigenvalue weighted by atomic mass is 16.5. The van der Waals surface area contributed by atoms with Crippen LogP contribution in [0.4, 0.5) is 0 Å². The Kier molecular flexibility index (Phi) is 2.28. The third kappa shape index (κ3) is 1.32. The van der Waals surface area contributed by atoms with Crippen LogP contribution in [0.25, 0.3) is 0 Å². The van der Waals surface area contributed by atoms with Gasteiger partial charge in [-0.15, -0.1) is 0 Å². The zero-order valence-corrected chi connectivity index (χ0v) is 10.1. The number of fused-ring (bicyclic) bond motifs is 1. The Morgan fingerprint density at radius 3 is 2.50 bits per heavy atom. The highest BCUT2D eigenvalue weighted by Crippen LogP contribution is 2.46. The van der Waals surface area contributed by atoms with Gasteiger partial charge in [0, 0.05) is 5.92 Å². The Bertz CT molecular complexity index is 375. The van der Waals surface area contributed by atoms with Crippen LogP contribution in [0.1, 0.15) is 57.2 Å². The summed E-state index contributed by atoms with van der Waals surface area (Å²) in [5.41, 5.74) is 0.0974. The van der Waals surface area contributed by atoms with Crippen LogP contribution in [0.2, 0.25) is 0 Å². The largest absolute Gasteiger partial charge is 0.337 e. The van der Waals surface area contributed by atoms with Crippen molar-refractivity contribution in [1.82, 2.24) is 15.0 Å². The summed E-state index contributed by atoms with van der Waals surface area (Å²) in [7, 11) is 0. The van der Waals surface area contributed by atoms with Crippen molar-refractivity contribution in [3.8, 4) is 0 Å². The number of hydrogen-bond donors (Lipinski definition) is 0. The van der Waals surface area contributed by atoms with Gasteiger partial charge in [-0.1, -0.05) is 19.0 Å². The smallest absolute Gasteiger partial charge is 0.247 e. The molecule has 4 heteroatoms. The highest BCUT2D eigenvalue weighted by Gasteiger charge is 2.49. The lowest BCUT2D eigenvalue weighted by atomic mass is 9.94. The fourth-order valence-corrected chi connectivity index (χ4v) is 3.11. The van der Waals surface area contributed by atoms with Crippen molar-refractivity contribution in [2.75, 3.05) is 13.1 Å². The van der Waals surface area contributed by atoms with Gasteiger partial charge in [0.25, 0.3) is 0 Å². The number of hydrogen-bond acceptors (Lipinski definition) is 4. The average Bonchev–Trinajstić information content (AvgIpc) is 2.91. The molecule has 0 aromatic carbocycles. The summed E-state index contributed by atoms with van der Waals surface area (Å²) in [6.45, 7) is 6.60. The normalized spacial score (nSPS) is 24.2. The molecule has 4 nitrogen and oxygen atoms in total. The van der Waals surface area contributed by atoms with Gasteiger partial charge in [-0.05, 0) is 38.8 Å². The predicted molar refractivity (Wildman–Crippen MR) is 60.1 cm³/mol. The monoisotopic (exact) mass is 221 g/mol. The van der Waals surface area contributed by atoms with Crippen LogP contribution in [0.5, 0.6) is 0 Å². The summed E-state index contributed by atoms with van der Waals surface area (Å²) in [5.74, 6) is 2.07. The Hall–Kier alpha value is -0.900. The summed E-state index contributed by atoms with van der Waals surface area (Å²) in [6.07, 6.45) is 4.90. The van der Waals surface area contributed by atoms with Crippen LogP contribution in [0.3, 0.4) is 0 Å². The molecular formula is C12H19N3O. The molecule has 2 fully saturated rings. The molecule has 3 heterocycles. The first-order valence-electron chi connectivity index (χ1n) is 6.31. The molecule has 0 saturated carbocycles. The Labute approximate surface area is 96.0 Å². The molecule has 0 aliphatic carbocycles. The molecule has 0 radical (unpaired) electrons. The fourth-order valence-electron chi connectivity index (χ4n) is 3.11. The minimum Gasteiger partial charge on any atom is -0.337 e. The second kappa shape index (κ2) is 3.55. The zero-order valence-electron chi connectivity index (χ0n) is 10.1. The highest BCUT2D eigenvalue weighted by molar-refractivity contribution is 5.11. The van der Waals surface area contributed by atoms with E-state index in [-0.39, 0.29) is 5.54 Å². The van der Waals surface area contributed by atoms with E-state index in [0.717, 1.165) is 11.7 Å². The lowest BCUT2D eigenvalue weighted by Gasteiger charge is -2.27. The van der Waals surface area contributed by atoms with Crippen molar-refractivity contribution in [1.29, 1.82) is 0 Å². The summed E-state index contributed by atoms with van der Waals surface area (Å²) in [6, 6.07) is 0. The quantitative estimate of drug-likeness (QED) is 0.768. The molecule has 0 atom stereocenters. The zero-order chi connectivity index (χ0) is 11.2. The van der Waals surface area contributed by atoms with Gasteiger partial charge < -0.3 is 4.52 Å². The van der Waals surface area contributed by atoms with Crippen molar-refractivity contribution in [3.05, 3.63) is 11.7 Å². The van der Waals surface area contributed by atoms with Gasteiger partial charge in [-0.3, -0.25) is 4.90 Å². The van der Waals surface area contributed by atoms with Gasteiger partial charge in [0.1, 0.15) is 5.54 Å². The molecule has 0 N–H and O–H groups in total. The maximum absolute atomic E-state index is 5.51. The summed E-state index contributed by atoms with van der Waals surface area (Å²) < 4.78 is 5.51. The molecule has 88 valence electrons. The van der Waals surface area contributed by atoms with Crippen molar-refractivity contribution >= 4 is 0 Å². The average molecular weight is 221 g/mol. The van der Waals surface area contributed by atoms with Gasteiger partial charge in [-0.25, -0.2) is 0 Å². The maximum atomic E-state index is 5.51. The van der Waals surface area contributed by atoms with E-state index in [0.29, 0.717) is 5.92 Å². The summed E-state index contributed by atoms with van der Waals surface area (Å²) >= 11 is 0. The molecule has 2 aliphatic heterocycles. The van der Waals surface area contributed by atoms with Gasteiger partial charge in [-0.2, -0.15) is 4.98 Å². The fraction of sp³-hybridized carbons (Fsp3) is 0.833.